The topological polar surface area (TPSA) is 78.9 Å². The molecule has 3 fully saturated rings. The molecule has 0 aromatic heterocycles. The van der Waals surface area contributed by atoms with Crippen LogP contribution in [0.1, 0.15) is 25.7 Å². The molecule has 2 heterocycles. The van der Waals surface area contributed by atoms with Gasteiger partial charge in [-0.15, -0.1) is 0 Å². The number of aliphatic carboxylic acids is 1. The summed E-state index contributed by atoms with van der Waals surface area (Å²) in [5.41, 5.74) is 0. The number of carbonyl (C=O) groups excluding carboxylic acids is 1. The maximum absolute atomic E-state index is 12.4. The Labute approximate surface area is 124 Å². The lowest BCUT2D eigenvalue weighted by Gasteiger charge is -2.25. The van der Waals surface area contributed by atoms with Crippen LogP contribution in [0, 0.1) is 17.8 Å². The summed E-state index contributed by atoms with van der Waals surface area (Å²) in [4.78, 5) is 25.2. The number of carboxylic acid groups (broad SMARTS) is 1. The summed E-state index contributed by atoms with van der Waals surface area (Å²) in [6.07, 6.45) is 4.03. The van der Waals surface area contributed by atoms with E-state index in [2.05, 4.69) is 5.32 Å². The van der Waals surface area contributed by atoms with Gasteiger partial charge in [0.25, 0.3) is 0 Å². The van der Waals surface area contributed by atoms with Gasteiger partial charge in [0.2, 0.25) is 5.91 Å². The third kappa shape index (κ3) is 3.74. The van der Waals surface area contributed by atoms with Gasteiger partial charge in [-0.1, -0.05) is 0 Å². The Morgan fingerprint density at radius 1 is 1.14 bits per heavy atom. The van der Waals surface area contributed by atoms with Crippen LogP contribution in [0.25, 0.3) is 0 Å². The zero-order valence-corrected chi connectivity index (χ0v) is 12.3. The number of likely N-dealkylation sites (tertiary alicyclic amines) is 1. The van der Waals surface area contributed by atoms with Crippen LogP contribution in [0.4, 0.5) is 0 Å². The van der Waals surface area contributed by atoms with Crippen LogP contribution in [0.3, 0.4) is 0 Å². The van der Waals surface area contributed by atoms with Crippen molar-refractivity contribution in [1.29, 1.82) is 0 Å². The number of rotatable bonds is 5. The predicted molar refractivity (Wildman–Crippen MR) is 75.8 cm³/mol. The highest BCUT2D eigenvalue weighted by atomic mass is 16.5. The molecule has 2 saturated heterocycles. The van der Waals surface area contributed by atoms with Gasteiger partial charge in [-0.3, -0.25) is 14.5 Å². The molecule has 118 valence electrons. The number of carbonyl (C=O) groups is 2. The maximum atomic E-state index is 12.4. The largest absolute Gasteiger partial charge is 0.480 e. The first-order valence-electron chi connectivity index (χ1n) is 7.95. The van der Waals surface area contributed by atoms with Gasteiger partial charge >= 0.3 is 5.97 Å². The number of ether oxygens (including phenoxy) is 1. The molecule has 21 heavy (non-hydrogen) atoms. The Morgan fingerprint density at radius 3 is 2.48 bits per heavy atom. The summed E-state index contributed by atoms with van der Waals surface area (Å²) >= 11 is 0. The predicted octanol–water partition coefficient (Wildman–Crippen LogP) is 0.324. The van der Waals surface area contributed by atoms with Crippen molar-refractivity contribution in [1.82, 2.24) is 10.2 Å². The Bertz CT molecular complexity index is 404. The number of carboxylic acids is 1. The van der Waals surface area contributed by atoms with Crippen molar-refractivity contribution in [2.45, 2.75) is 31.7 Å². The molecule has 0 aromatic carbocycles. The van der Waals surface area contributed by atoms with Crippen LogP contribution in [0.5, 0.6) is 0 Å². The molecule has 2 atom stereocenters. The molecule has 0 spiro atoms. The SMILES string of the molecule is O=C(O)CN1C[C@@H](NC(=O)C2CCOCC2)[C@H](C2CC2)C1. The molecule has 3 rings (SSSR count). The minimum atomic E-state index is -0.791. The first-order chi connectivity index (χ1) is 10.1. The molecule has 2 N–H and O–H groups in total. The van der Waals surface area contributed by atoms with Crippen molar-refractivity contribution in [3.63, 3.8) is 0 Å². The number of amides is 1. The van der Waals surface area contributed by atoms with Gasteiger partial charge in [0.1, 0.15) is 0 Å². The lowest BCUT2D eigenvalue weighted by Crippen LogP contribution is -2.45. The third-order valence-corrected chi connectivity index (χ3v) is 4.95. The molecule has 1 saturated carbocycles. The second-order valence-electron chi connectivity index (χ2n) is 6.59. The van der Waals surface area contributed by atoms with E-state index in [1.165, 1.54) is 12.8 Å². The van der Waals surface area contributed by atoms with Crippen molar-refractivity contribution in [3.8, 4) is 0 Å². The summed E-state index contributed by atoms with van der Waals surface area (Å²) in [6.45, 7) is 2.88. The summed E-state index contributed by atoms with van der Waals surface area (Å²) in [7, 11) is 0. The first kappa shape index (κ1) is 14.8. The van der Waals surface area contributed by atoms with Crippen LogP contribution in [0.2, 0.25) is 0 Å². The van der Waals surface area contributed by atoms with Gasteiger partial charge in [-0.2, -0.15) is 0 Å². The summed E-state index contributed by atoms with van der Waals surface area (Å²) in [5.74, 6) is 0.496. The number of hydrogen-bond acceptors (Lipinski definition) is 4. The fourth-order valence-corrected chi connectivity index (χ4v) is 3.65. The zero-order chi connectivity index (χ0) is 14.8. The fourth-order valence-electron chi connectivity index (χ4n) is 3.65. The van der Waals surface area contributed by atoms with Crippen molar-refractivity contribution in [2.24, 2.45) is 17.8 Å². The van der Waals surface area contributed by atoms with Crippen LogP contribution in [0.15, 0.2) is 0 Å². The Kier molecular flexibility index (Phi) is 4.45. The summed E-state index contributed by atoms with van der Waals surface area (Å²) in [6, 6.07) is 0.118. The smallest absolute Gasteiger partial charge is 0.317 e. The molecule has 6 heteroatoms. The summed E-state index contributed by atoms with van der Waals surface area (Å²) < 4.78 is 5.30. The lowest BCUT2D eigenvalue weighted by molar-refractivity contribution is -0.138. The average molecular weight is 296 g/mol. The fraction of sp³-hybridized carbons (Fsp3) is 0.867. The Hall–Kier alpha value is -1.14. The van der Waals surface area contributed by atoms with E-state index in [1.54, 1.807) is 0 Å². The van der Waals surface area contributed by atoms with Crippen molar-refractivity contribution in [3.05, 3.63) is 0 Å². The second kappa shape index (κ2) is 6.32. The van der Waals surface area contributed by atoms with E-state index in [9.17, 15) is 9.59 Å². The highest BCUT2D eigenvalue weighted by Crippen LogP contribution is 2.41. The number of hydrogen-bond donors (Lipinski definition) is 2. The standard InChI is InChI=1S/C15H24N2O4/c18-14(19)9-17-7-12(10-1-2-10)13(8-17)16-15(20)11-3-5-21-6-4-11/h10-13H,1-9H2,(H,16,20)(H,18,19)/t12-,13+/m0/s1. The molecular formula is C15H24N2O4. The Morgan fingerprint density at radius 2 is 1.86 bits per heavy atom. The molecule has 0 aromatic rings. The van der Waals surface area contributed by atoms with E-state index in [-0.39, 0.29) is 24.4 Å². The minimum Gasteiger partial charge on any atom is -0.480 e. The van der Waals surface area contributed by atoms with Gasteiger partial charge in [-0.05, 0) is 37.5 Å². The molecular weight excluding hydrogens is 272 g/mol. The van der Waals surface area contributed by atoms with Gasteiger partial charge < -0.3 is 15.2 Å². The van der Waals surface area contributed by atoms with E-state index in [1.807, 2.05) is 4.90 Å². The van der Waals surface area contributed by atoms with Crippen LogP contribution < -0.4 is 5.32 Å². The second-order valence-corrected chi connectivity index (χ2v) is 6.59. The highest BCUT2D eigenvalue weighted by molar-refractivity contribution is 5.79. The van der Waals surface area contributed by atoms with Gasteiger partial charge in [0.15, 0.2) is 0 Å². The molecule has 2 aliphatic heterocycles. The molecule has 0 unspecified atom stereocenters. The van der Waals surface area contributed by atoms with Gasteiger partial charge in [-0.25, -0.2) is 0 Å². The van der Waals surface area contributed by atoms with E-state index in [0.717, 1.165) is 19.4 Å². The average Bonchev–Trinajstić information content (AvgIpc) is 3.23. The quantitative estimate of drug-likeness (QED) is 0.764. The molecule has 0 bridgehead atoms. The minimum absolute atomic E-state index is 0.0622. The molecule has 1 amide bonds. The van der Waals surface area contributed by atoms with Crippen molar-refractivity contribution in [2.75, 3.05) is 32.8 Å². The monoisotopic (exact) mass is 296 g/mol. The van der Waals surface area contributed by atoms with Crippen molar-refractivity contribution < 1.29 is 19.4 Å². The third-order valence-electron chi connectivity index (χ3n) is 4.95. The van der Waals surface area contributed by atoms with E-state index in [0.29, 0.717) is 31.6 Å². The molecule has 1 aliphatic carbocycles. The highest BCUT2D eigenvalue weighted by Gasteiger charge is 2.43. The van der Waals surface area contributed by atoms with Crippen molar-refractivity contribution >= 4 is 11.9 Å². The number of nitrogens with zero attached hydrogens (tertiary/aromatic N) is 1. The Balaban J connectivity index is 1.56. The summed E-state index contributed by atoms with van der Waals surface area (Å²) in [5, 5.41) is 12.1. The van der Waals surface area contributed by atoms with Gasteiger partial charge in [0.05, 0.1) is 6.54 Å². The molecule has 3 aliphatic rings. The van der Waals surface area contributed by atoms with E-state index >= 15 is 0 Å². The normalized spacial score (nSPS) is 31.2. The lowest BCUT2D eigenvalue weighted by atomic mass is 9.95. The van der Waals surface area contributed by atoms with Crippen LogP contribution >= 0.6 is 0 Å². The van der Waals surface area contributed by atoms with Crippen LogP contribution in [-0.4, -0.2) is 60.8 Å². The molecule has 6 nitrogen and oxygen atoms in total. The zero-order valence-electron chi connectivity index (χ0n) is 12.3. The number of nitrogens with one attached hydrogen (secondary N) is 1. The van der Waals surface area contributed by atoms with E-state index < -0.39 is 5.97 Å². The first-order valence-corrected chi connectivity index (χ1v) is 7.95. The molecule has 0 radical (unpaired) electrons. The van der Waals surface area contributed by atoms with E-state index in [4.69, 9.17) is 9.84 Å². The van der Waals surface area contributed by atoms with Gasteiger partial charge in [0, 0.05) is 38.3 Å². The van der Waals surface area contributed by atoms with Crippen LogP contribution in [-0.2, 0) is 14.3 Å². The maximum Gasteiger partial charge on any atom is 0.317 e.